The molecule has 0 aliphatic carbocycles. The largest absolute Gasteiger partial charge is 0.497 e. The molecule has 0 amide bonds. The minimum Gasteiger partial charge on any atom is -0.497 e. The maximum atomic E-state index is 5.57. The summed E-state index contributed by atoms with van der Waals surface area (Å²) in [5.74, 6) is 1.43. The Bertz CT molecular complexity index is 1170. The lowest BCUT2D eigenvalue weighted by molar-refractivity contribution is 0.397. The highest BCUT2D eigenvalue weighted by molar-refractivity contribution is 6.01. The van der Waals surface area contributed by atoms with Crippen molar-refractivity contribution in [3.63, 3.8) is 0 Å². The van der Waals surface area contributed by atoms with Gasteiger partial charge in [-0.05, 0) is 42.7 Å². The van der Waals surface area contributed by atoms with Crippen LogP contribution in [0.1, 0.15) is 12.1 Å². The quantitative estimate of drug-likeness (QED) is 0.539. The third-order valence-electron chi connectivity index (χ3n) is 5.26. The molecule has 1 aromatic carbocycles. The van der Waals surface area contributed by atoms with E-state index in [9.17, 15) is 0 Å². The predicted octanol–water partition coefficient (Wildman–Crippen LogP) is 4.12. The van der Waals surface area contributed by atoms with E-state index < -0.39 is 0 Å². The van der Waals surface area contributed by atoms with Gasteiger partial charge in [0, 0.05) is 41.6 Å². The Morgan fingerprint density at radius 3 is 2.71 bits per heavy atom. The van der Waals surface area contributed by atoms with Crippen LogP contribution in [0.25, 0.3) is 33.4 Å². The second kappa shape index (κ2) is 6.64. The molecule has 0 fully saturated rings. The summed E-state index contributed by atoms with van der Waals surface area (Å²) < 4.78 is 13.2. The Kier molecular flexibility index (Phi) is 3.97. The van der Waals surface area contributed by atoms with Crippen molar-refractivity contribution >= 4 is 10.9 Å². The van der Waals surface area contributed by atoms with Crippen molar-refractivity contribution in [2.24, 2.45) is 0 Å². The van der Waals surface area contributed by atoms with Gasteiger partial charge >= 0.3 is 0 Å². The van der Waals surface area contributed by atoms with E-state index in [0.717, 1.165) is 58.6 Å². The molecule has 5 rings (SSSR count). The lowest BCUT2D eigenvalue weighted by atomic mass is 9.96. The molecule has 0 atom stereocenters. The van der Waals surface area contributed by atoms with E-state index in [0.29, 0.717) is 5.75 Å². The SMILES string of the molecule is COc1cc(OC)c2nccc(-c3c(-c4ccccn4)nn4c3CCC4)c2c1. The smallest absolute Gasteiger partial charge is 0.148 e. The zero-order valence-corrected chi connectivity index (χ0v) is 15.8. The molecular formula is C22H20N4O2. The number of hydrogen-bond donors (Lipinski definition) is 0. The van der Waals surface area contributed by atoms with Crippen LogP contribution in [0.4, 0.5) is 0 Å². The van der Waals surface area contributed by atoms with Crippen molar-refractivity contribution in [2.75, 3.05) is 14.2 Å². The Morgan fingerprint density at radius 2 is 1.93 bits per heavy atom. The normalized spacial score (nSPS) is 12.9. The van der Waals surface area contributed by atoms with Crippen LogP contribution in [0.5, 0.6) is 11.5 Å². The second-order valence-electron chi connectivity index (χ2n) is 6.80. The number of rotatable bonds is 4. The monoisotopic (exact) mass is 372 g/mol. The summed E-state index contributed by atoms with van der Waals surface area (Å²) in [6, 6.07) is 11.8. The van der Waals surface area contributed by atoms with Crippen molar-refractivity contribution in [1.82, 2.24) is 19.7 Å². The van der Waals surface area contributed by atoms with Crippen LogP contribution in [-0.4, -0.2) is 34.0 Å². The van der Waals surface area contributed by atoms with Gasteiger partial charge in [-0.15, -0.1) is 0 Å². The minimum absolute atomic E-state index is 0.694. The second-order valence-corrected chi connectivity index (χ2v) is 6.80. The van der Waals surface area contributed by atoms with Crippen molar-refractivity contribution < 1.29 is 9.47 Å². The summed E-state index contributed by atoms with van der Waals surface area (Å²) in [5, 5.41) is 5.89. The molecule has 0 spiro atoms. The van der Waals surface area contributed by atoms with Gasteiger partial charge in [0.1, 0.15) is 22.7 Å². The molecule has 4 aromatic rings. The van der Waals surface area contributed by atoms with E-state index in [-0.39, 0.29) is 0 Å². The first kappa shape index (κ1) is 16.7. The number of aryl methyl sites for hydroxylation is 1. The van der Waals surface area contributed by atoms with E-state index in [1.54, 1.807) is 20.4 Å². The number of fused-ring (bicyclic) bond motifs is 2. The standard InChI is InChI=1S/C22H20N4O2/c1-27-14-12-16-15(8-10-24-21(16)19(13-14)28-2)20-18-7-5-11-26(18)25-22(20)17-6-3-4-9-23-17/h3-4,6,8-10,12-13H,5,7,11H2,1-2H3. The molecule has 0 saturated heterocycles. The fourth-order valence-corrected chi connectivity index (χ4v) is 3.99. The first-order valence-electron chi connectivity index (χ1n) is 9.32. The number of ether oxygens (including phenoxy) is 2. The summed E-state index contributed by atoms with van der Waals surface area (Å²) in [6.45, 7) is 0.935. The Labute approximate surface area is 162 Å². The van der Waals surface area contributed by atoms with Gasteiger partial charge in [0.05, 0.1) is 19.9 Å². The fourth-order valence-electron chi connectivity index (χ4n) is 3.99. The summed E-state index contributed by atoms with van der Waals surface area (Å²) in [4.78, 5) is 9.13. The maximum absolute atomic E-state index is 5.57. The lowest BCUT2D eigenvalue weighted by Crippen LogP contribution is -1.94. The zero-order chi connectivity index (χ0) is 19.1. The first-order chi connectivity index (χ1) is 13.8. The van der Waals surface area contributed by atoms with Gasteiger partial charge in [0.25, 0.3) is 0 Å². The maximum Gasteiger partial charge on any atom is 0.148 e. The fraction of sp³-hybridized carbons (Fsp3) is 0.227. The third kappa shape index (κ3) is 2.52. The third-order valence-corrected chi connectivity index (χ3v) is 5.26. The molecule has 0 radical (unpaired) electrons. The van der Waals surface area contributed by atoms with Gasteiger partial charge < -0.3 is 9.47 Å². The Hall–Kier alpha value is -3.41. The van der Waals surface area contributed by atoms with Crippen LogP contribution in [0, 0.1) is 0 Å². The van der Waals surface area contributed by atoms with Crippen LogP contribution >= 0.6 is 0 Å². The molecule has 1 aliphatic rings. The van der Waals surface area contributed by atoms with Crippen LogP contribution < -0.4 is 9.47 Å². The van der Waals surface area contributed by atoms with E-state index in [4.69, 9.17) is 14.6 Å². The molecule has 0 bridgehead atoms. The van der Waals surface area contributed by atoms with Gasteiger partial charge in [-0.25, -0.2) is 0 Å². The van der Waals surface area contributed by atoms with Gasteiger partial charge in [0.15, 0.2) is 0 Å². The average Bonchev–Trinajstić information content (AvgIpc) is 3.34. The minimum atomic E-state index is 0.694. The molecule has 0 unspecified atom stereocenters. The molecule has 6 heteroatoms. The van der Waals surface area contributed by atoms with Crippen molar-refractivity contribution in [3.05, 3.63) is 54.5 Å². The Morgan fingerprint density at radius 1 is 1.00 bits per heavy atom. The highest BCUT2D eigenvalue weighted by Gasteiger charge is 2.26. The van der Waals surface area contributed by atoms with E-state index in [1.165, 1.54) is 5.69 Å². The predicted molar refractivity (Wildman–Crippen MR) is 108 cm³/mol. The number of aromatic nitrogens is 4. The average molecular weight is 372 g/mol. The van der Waals surface area contributed by atoms with Crippen LogP contribution in [0.15, 0.2) is 48.8 Å². The molecule has 6 nitrogen and oxygen atoms in total. The Balaban J connectivity index is 1.84. The molecule has 4 heterocycles. The highest BCUT2D eigenvalue weighted by atomic mass is 16.5. The molecule has 1 aliphatic heterocycles. The number of methoxy groups -OCH3 is 2. The molecule has 28 heavy (non-hydrogen) atoms. The number of pyridine rings is 2. The van der Waals surface area contributed by atoms with Crippen molar-refractivity contribution in [1.29, 1.82) is 0 Å². The number of benzene rings is 1. The van der Waals surface area contributed by atoms with Gasteiger partial charge in [-0.1, -0.05) is 6.07 Å². The van der Waals surface area contributed by atoms with Crippen molar-refractivity contribution in [2.45, 2.75) is 19.4 Å². The molecular weight excluding hydrogens is 352 g/mol. The molecule has 0 saturated carbocycles. The van der Waals surface area contributed by atoms with Gasteiger partial charge in [-0.2, -0.15) is 5.10 Å². The van der Waals surface area contributed by atoms with E-state index >= 15 is 0 Å². The number of nitrogens with zero attached hydrogens (tertiary/aromatic N) is 4. The zero-order valence-electron chi connectivity index (χ0n) is 15.8. The van der Waals surface area contributed by atoms with Crippen LogP contribution in [0.3, 0.4) is 0 Å². The highest BCUT2D eigenvalue weighted by Crippen LogP contribution is 2.42. The topological polar surface area (TPSA) is 62.1 Å². The first-order valence-corrected chi connectivity index (χ1v) is 9.32. The molecule has 140 valence electrons. The van der Waals surface area contributed by atoms with Crippen LogP contribution in [0.2, 0.25) is 0 Å². The van der Waals surface area contributed by atoms with Gasteiger partial charge in [-0.3, -0.25) is 14.6 Å². The summed E-state index contributed by atoms with van der Waals surface area (Å²) in [7, 11) is 3.31. The summed E-state index contributed by atoms with van der Waals surface area (Å²) in [6.07, 6.45) is 5.74. The van der Waals surface area contributed by atoms with E-state index in [2.05, 4.69) is 14.6 Å². The number of hydrogen-bond acceptors (Lipinski definition) is 5. The summed E-state index contributed by atoms with van der Waals surface area (Å²) in [5.41, 5.74) is 6.04. The van der Waals surface area contributed by atoms with Crippen LogP contribution in [-0.2, 0) is 13.0 Å². The molecule has 0 N–H and O–H groups in total. The van der Waals surface area contributed by atoms with E-state index in [1.807, 2.05) is 42.6 Å². The molecule has 3 aromatic heterocycles. The summed E-state index contributed by atoms with van der Waals surface area (Å²) >= 11 is 0. The van der Waals surface area contributed by atoms with Gasteiger partial charge in [0.2, 0.25) is 0 Å². The van der Waals surface area contributed by atoms with Crippen molar-refractivity contribution in [3.8, 4) is 34.0 Å². The lowest BCUT2D eigenvalue weighted by Gasteiger charge is -2.12.